The molecule has 1 heteroatoms. The van der Waals surface area contributed by atoms with Crippen molar-refractivity contribution < 1.29 is 5.11 Å². The molecule has 0 aromatic heterocycles. The molecule has 11 heavy (non-hydrogen) atoms. The number of aliphatic hydroxyl groups is 1. The standard InChI is InChI=1S/C8H18O.C2H6/c1-4-8(6-9)5-7(2)3;1-2/h7-9H,4-6H2,1-3H3;1-2H3. The van der Waals surface area contributed by atoms with Gasteiger partial charge in [0, 0.05) is 6.61 Å². The molecule has 1 nitrogen and oxygen atoms in total. The number of hydrogen-bond acceptors (Lipinski definition) is 1. The van der Waals surface area contributed by atoms with Crippen molar-refractivity contribution in [3.05, 3.63) is 0 Å². The predicted molar refractivity (Wildman–Crippen MR) is 51.7 cm³/mol. The van der Waals surface area contributed by atoms with Gasteiger partial charge in [-0.25, -0.2) is 0 Å². The van der Waals surface area contributed by atoms with Gasteiger partial charge in [-0.05, 0) is 18.3 Å². The fraction of sp³-hybridized carbons (Fsp3) is 1.00. The normalized spacial score (nSPS) is 12.3. The smallest absolute Gasteiger partial charge is 0.0459 e. The van der Waals surface area contributed by atoms with E-state index >= 15 is 0 Å². The summed E-state index contributed by atoms with van der Waals surface area (Å²) in [6.07, 6.45) is 2.27. The van der Waals surface area contributed by atoms with E-state index in [9.17, 15) is 0 Å². The zero-order chi connectivity index (χ0) is 9.28. The number of rotatable bonds is 4. The van der Waals surface area contributed by atoms with Crippen LogP contribution < -0.4 is 0 Å². The molecule has 0 aromatic carbocycles. The summed E-state index contributed by atoms with van der Waals surface area (Å²) in [6, 6.07) is 0. The van der Waals surface area contributed by atoms with Gasteiger partial charge in [0.15, 0.2) is 0 Å². The Labute approximate surface area is 71.8 Å². The van der Waals surface area contributed by atoms with Crippen LogP contribution in [0, 0.1) is 11.8 Å². The molecule has 0 aromatic rings. The van der Waals surface area contributed by atoms with E-state index in [2.05, 4.69) is 20.8 Å². The molecule has 0 radical (unpaired) electrons. The van der Waals surface area contributed by atoms with E-state index < -0.39 is 0 Å². The lowest BCUT2D eigenvalue weighted by molar-refractivity contribution is 0.202. The average molecular weight is 160 g/mol. The maximum atomic E-state index is 8.77. The van der Waals surface area contributed by atoms with Gasteiger partial charge in [-0.15, -0.1) is 0 Å². The lowest BCUT2D eigenvalue weighted by atomic mass is 9.96. The van der Waals surface area contributed by atoms with Crippen LogP contribution in [0.5, 0.6) is 0 Å². The summed E-state index contributed by atoms with van der Waals surface area (Å²) in [5.41, 5.74) is 0. The van der Waals surface area contributed by atoms with Gasteiger partial charge in [0.2, 0.25) is 0 Å². The Morgan fingerprint density at radius 3 is 1.73 bits per heavy atom. The van der Waals surface area contributed by atoms with Crippen molar-refractivity contribution in [3.8, 4) is 0 Å². The van der Waals surface area contributed by atoms with E-state index in [4.69, 9.17) is 5.11 Å². The highest BCUT2D eigenvalue weighted by atomic mass is 16.3. The van der Waals surface area contributed by atoms with Crippen LogP contribution in [0.1, 0.15) is 47.5 Å². The van der Waals surface area contributed by atoms with Gasteiger partial charge in [0.05, 0.1) is 0 Å². The molecule has 0 spiro atoms. The first-order valence-corrected chi connectivity index (χ1v) is 4.81. The van der Waals surface area contributed by atoms with E-state index in [1.54, 1.807) is 0 Å². The van der Waals surface area contributed by atoms with Gasteiger partial charge in [-0.1, -0.05) is 41.0 Å². The Bertz CT molecular complexity index is 55.9. The molecule has 0 amide bonds. The Morgan fingerprint density at radius 1 is 1.18 bits per heavy atom. The second-order valence-electron chi connectivity index (χ2n) is 3.09. The van der Waals surface area contributed by atoms with Crippen LogP contribution in [0.4, 0.5) is 0 Å². The third kappa shape index (κ3) is 9.96. The Hall–Kier alpha value is -0.0400. The molecule has 0 heterocycles. The summed E-state index contributed by atoms with van der Waals surface area (Å²) in [5, 5.41) is 8.77. The van der Waals surface area contributed by atoms with Crippen molar-refractivity contribution in [1.82, 2.24) is 0 Å². The molecule has 0 saturated carbocycles. The van der Waals surface area contributed by atoms with Gasteiger partial charge in [0.1, 0.15) is 0 Å². The molecule has 0 aliphatic heterocycles. The van der Waals surface area contributed by atoms with Gasteiger partial charge < -0.3 is 5.11 Å². The van der Waals surface area contributed by atoms with E-state index in [1.807, 2.05) is 13.8 Å². The van der Waals surface area contributed by atoms with E-state index in [0.29, 0.717) is 12.5 Å². The van der Waals surface area contributed by atoms with E-state index in [0.717, 1.165) is 18.8 Å². The zero-order valence-corrected chi connectivity index (χ0v) is 8.72. The third-order valence-corrected chi connectivity index (χ3v) is 1.64. The maximum absolute atomic E-state index is 8.77. The monoisotopic (exact) mass is 160 g/mol. The minimum atomic E-state index is 0.356. The van der Waals surface area contributed by atoms with Crippen molar-refractivity contribution in [2.24, 2.45) is 11.8 Å². The van der Waals surface area contributed by atoms with Gasteiger partial charge in [-0.3, -0.25) is 0 Å². The quantitative estimate of drug-likeness (QED) is 0.670. The van der Waals surface area contributed by atoms with Gasteiger partial charge in [0.25, 0.3) is 0 Å². The number of hydrogen-bond donors (Lipinski definition) is 1. The molecule has 0 rings (SSSR count). The van der Waals surface area contributed by atoms with Gasteiger partial charge >= 0.3 is 0 Å². The molecule has 1 unspecified atom stereocenters. The fourth-order valence-corrected chi connectivity index (χ4v) is 1.04. The highest BCUT2D eigenvalue weighted by molar-refractivity contribution is 4.56. The summed E-state index contributed by atoms with van der Waals surface area (Å²) >= 11 is 0. The molecule has 0 saturated heterocycles. The first-order chi connectivity index (χ1) is 5.20. The van der Waals surface area contributed by atoms with Crippen molar-refractivity contribution >= 4 is 0 Å². The molecule has 0 aliphatic carbocycles. The van der Waals surface area contributed by atoms with Crippen molar-refractivity contribution in [3.63, 3.8) is 0 Å². The highest BCUT2D eigenvalue weighted by Gasteiger charge is 2.05. The van der Waals surface area contributed by atoms with E-state index in [1.165, 1.54) is 0 Å². The predicted octanol–water partition coefficient (Wildman–Crippen LogP) is 3.08. The van der Waals surface area contributed by atoms with Crippen LogP contribution >= 0.6 is 0 Å². The molecular formula is C10H24O. The minimum Gasteiger partial charge on any atom is -0.396 e. The summed E-state index contributed by atoms with van der Waals surface area (Å²) in [7, 11) is 0. The van der Waals surface area contributed by atoms with Crippen LogP contribution in [-0.2, 0) is 0 Å². The first kappa shape index (κ1) is 13.5. The second kappa shape index (κ2) is 9.96. The van der Waals surface area contributed by atoms with Crippen molar-refractivity contribution in [1.29, 1.82) is 0 Å². The summed E-state index contributed by atoms with van der Waals surface area (Å²) < 4.78 is 0. The average Bonchev–Trinajstić information content (AvgIpc) is 2.03. The Kier molecular flexibility index (Phi) is 12.3. The molecule has 0 fully saturated rings. The molecular weight excluding hydrogens is 136 g/mol. The van der Waals surface area contributed by atoms with Crippen LogP contribution in [0.15, 0.2) is 0 Å². The molecule has 70 valence electrons. The van der Waals surface area contributed by atoms with Crippen molar-refractivity contribution in [2.45, 2.75) is 47.5 Å². The summed E-state index contributed by atoms with van der Waals surface area (Å²) in [5.74, 6) is 1.26. The largest absolute Gasteiger partial charge is 0.396 e. The summed E-state index contributed by atoms with van der Waals surface area (Å²) in [6.45, 7) is 10.9. The molecule has 1 N–H and O–H groups in total. The fourth-order valence-electron chi connectivity index (χ4n) is 1.04. The van der Waals surface area contributed by atoms with Crippen molar-refractivity contribution in [2.75, 3.05) is 6.61 Å². The van der Waals surface area contributed by atoms with Crippen LogP contribution in [0.25, 0.3) is 0 Å². The molecule has 1 atom stereocenters. The maximum Gasteiger partial charge on any atom is 0.0459 e. The third-order valence-electron chi connectivity index (χ3n) is 1.64. The topological polar surface area (TPSA) is 20.2 Å². The minimum absolute atomic E-state index is 0.356. The van der Waals surface area contributed by atoms with Crippen LogP contribution in [-0.4, -0.2) is 11.7 Å². The highest BCUT2D eigenvalue weighted by Crippen LogP contribution is 2.13. The lowest BCUT2D eigenvalue weighted by Crippen LogP contribution is -2.07. The van der Waals surface area contributed by atoms with Gasteiger partial charge in [-0.2, -0.15) is 0 Å². The zero-order valence-electron chi connectivity index (χ0n) is 8.72. The lowest BCUT2D eigenvalue weighted by Gasteiger charge is -2.12. The summed E-state index contributed by atoms with van der Waals surface area (Å²) in [4.78, 5) is 0. The Balaban J connectivity index is 0. The number of aliphatic hydroxyl groups excluding tert-OH is 1. The second-order valence-corrected chi connectivity index (χ2v) is 3.09. The Morgan fingerprint density at radius 2 is 1.64 bits per heavy atom. The molecule has 0 aliphatic rings. The molecule has 0 bridgehead atoms. The first-order valence-electron chi connectivity index (χ1n) is 4.81. The van der Waals surface area contributed by atoms with Crippen LogP contribution in [0.3, 0.4) is 0 Å². The SMILES string of the molecule is CC.CCC(CO)CC(C)C. The van der Waals surface area contributed by atoms with Crippen LogP contribution in [0.2, 0.25) is 0 Å². The van der Waals surface area contributed by atoms with E-state index in [-0.39, 0.29) is 0 Å².